The zero-order valence-corrected chi connectivity index (χ0v) is 26.3. The maximum Gasteiger partial charge on any atom is 0.323 e. The van der Waals surface area contributed by atoms with Crippen LogP contribution in [0.25, 0.3) is 0 Å². The number of unbranched alkanes of at least 4 members (excludes halogenated alkanes) is 1. The summed E-state index contributed by atoms with van der Waals surface area (Å²) in [6.07, 6.45) is 2.44. The van der Waals surface area contributed by atoms with Crippen LogP contribution < -0.4 is 20.7 Å². The van der Waals surface area contributed by atoms with Crippen molar-refractivity contribution in [2.45, 2.75) is 91.1 Å². The number of rotatable bonds is 11. The molecule has 228 valence electrons. The van der Waals surface area contributed by atoms with Crippen LogP contribution in [0, 0.1) is 11.3 Å². The fraction of sp³-hybridized carbons (Fsp3) is 0.400. The molecule has 0 saturated carbocycles. The number of hydrogen-bond acceptors (Lipinski definition) is 5. The van der Waals surface area contributed by atoms with Gasteiger partial charge in [-0.15, -0.1) is 0 Å². The van der Waals surface area contributed by atoms with Crippen LogP contribution in [0.5, 0.6) is 11.5 Å². The molecular weight excluding hydrogens is 540 g/mol. The van der Waals surface area contributed by atoms with E-state index in [0.717, 1.165) is 24.8 Å². The van der Waals surface area contributed by atoms with E-state index in [4.69, 9.17) is 10.00 Å². The Morgan fingerprint density at radius 1 is 0.907 bits per heavy atom. The van der Waals surface area contributed by atoms with Gasteiger partial charge >= 0.3 is 6.03 Å². The summed E-state index contributed by atoms with van der Waals surface area (Å²) in [6, 6.07) is 18.6. The van der Waals surface area contributed by atoms with Crippen LogP contribution in [0.2, 0.25) is 0 Å². The zero-order valence-electron chi connectivity index (χ0n) is 26.3. The number of phenols is 1. The Hall–Kier alpha value is -4.51. The highest BCUT2D eigenvalue weighted by Gasteiger charge is 2.28. The second-order valence-corrected chi connectivity index (χ2v) is 12.4. The molecule has 3 aromatic carbocycles. The maximum atomic E-state index is 13.5. The SMILES string of the molecule is CCCCC(Oc1ccc(C(C)(C)C)cc1C(C)(C)CC)C(=O)Nc1ccc(NC(=O)Nc2ccc(C#N)cc2)c(O)c1. The first-order valence-corrected chi connectivity index (χ1v) is 14.8. The number of aromatic hydroxyl groups is 1. The number of carbonyl (C=O) groups is 2. The van der Waals surface area contributed by atoms with E-state index in [9.17, 15) is 14.7 Å². The van der Waals surface area contributed by atoms with Crippen LogP contribution in [0.4, 0.5) is 21.9 Å². The molecule has 3 amide bonds. The molecule has 0 heterocycles. The van der Waals surface area contributed by atoms with Crippen molar-refractivity contribution in [1.29, 1.82) is 5.26 Å². The Labute approximate surface area is 255 Å². The molecule has 0 aliphatic carbocycles. The van der Waals surface area contributed by atoms with Crippen LogP contribution in [-0.2, 0) is 15.6 Å². The van der Waals surface area contributed by atoms with Gasteiger partial charge in [-0.2, -0.15) is 5.26 Å². The summed E-state index contributed by atoms with van der Waals surface area (Å²) < 4.78 is 6.46. The quantitative estimate of drug-likeness (QED) is 0.168. The first-order chi connectivity index (χ1) is 20.3. The van der Waals surface area contributed by atoms with E-state index in [1.54, 1.807) is 30.3 Å². The second-order valence-electron chi connectivity index (χ2n) is 12.4. The van der Waals surface area contributed by atoms with Crippen molar-refractivity contribution in [1.82, 2.24) is 0 Å². The molecule has 3 rings (SSSR count). The zero-order chi connectivity index (χ0) is 31.8. The second kappa shape index (κ2) is 14.1. The number of hydrogen-bond donors (Lipinski definition) is 4. The number of carbonyl (C=O) groups excluding carboxylic acids is 2. The molecule has 8 heteroatoms. The Kier molecular flexibility index (Phi) is 10.8. The van der Waals surface area contributed by atoms with Gasteiger partial charge in [0, 0.05) is 23.0 Å². The highest BCUT2D eigenvalue weighted by Crippen LogP contribution is 2.38. The van der Waals surface area contributed by atoms with Gasteiger partial charge in [0.1, 0.15) is 11.5 Å². The van der Waals surface area contributed by atoms with Crippen LogP contribution in [0.1, 0.15) is 90.8 Å². The Morgan fingerprint density at radius 2 is 1.58 bits per heavy atom. The van der Waals surface area contributed by atoms with Crippen LogP contribution >= 0.6 is 0 Å². The lowest BCUT2D eigenvalue weighted by Gasteiger charge is -2.30. The third-order valence-corrected chi connectivity index (χ3v) is 7.63. The van der Waals surface area contributed by atoms with E-state index in [1.165, 1.54) is 17.7 Å². The van der Waals surface area contributed by atoms with E-state index in [0.29, 0.717) is 29.1 Å². The molecule has 4 N–H and O–H groups in total. The van der Waals surface area contributed by atoms with Gasteiger partial charge in [0.25, 0.3) is 5.91 Å². The van der Waals surface area contributed by atoms with Gasteiger partial charge in [0.15, 0.2) is 6.10 Å². The maximum absolute atomic E-state index is 13.5. The molecule has 0 aliphatic heterocycles. The number of urea groups is 1. The normalized spacial score (nSPS) is 12.1. The average molecular weight is 585 g/mol. The minimum absolute atomic E-state index is 0.0244. The van der Waals surface area contributed by atoms with E-state index < -0.39 is 12.1 Å². The van der Waals surface area contributed by atoms with Gasteiger partial charge in [0.05, 0.1) is 17.3 Å². The van der Waals surface area contributed by atoms with E-state index in [-0.39, 0.29) is 28.2 Å². The van der Waals surface area contributed by atoms with Gasteiger partial charge in [0.2, 0.25) is 0 Å². The molecule has 1 atom stereocenters. The van der Waals surface area contributed by atoms with Crippen molar-refractivity contribution < 1.29 is 19.4 Å². The number of nitrogens with one attached hydrogen (secondary N) is 3. The summed E-state index contributed by atoms with van der Waals surface area (Å²) >= 11 is 0. The lowest BCUT2D eigenvalue weighted by atomic mass is 9.78. The molecule has 3 aromatic rings. The average Bonchev–Trinajstić information content (AvgIpc) is 2.96. The van der Waals surface area contributed by atoms with Gasteiger partial charge in [-0.25, -0.2) is 4.79 Å². The van der Waals surface area contributed by atoms with Crippen molar-refractivity contribution in [3.8, 4) is 17.6 Å². The van der Waals surface area contributed by atoms with E-state index in [1.807, 2.05) is 12.1 Å². The molecule has 0 aromatic heterocycles. The highest BCUT2D eigenvalue weighted by molar-refractivity contribution is 6.01. The van der Waals surface area contributed by atoms with Crippen LogP contribution in [-0.4, -0.2) is 23.1 Å². The summed E-state index contributed by atoms with van der Waals surface area (Å²) in [5, 5.41) is 27.6. The lowest BCUT2D eigenvalue weighted by molar-refractivity contribution is -0.123. The van der Waals surface area contributed by atoms with Gasteiger partial charge in [-0.05, 0) is 78.1 Å². The summed E-state index contributed by atoms with van der Waals surface area (Å²) in [6.45, 7) is 15.1. The smallest absolute Gasteiger partial charge is 0.323 e. The van der Waals surface area contributed by atoms with Gasteiger partial charge in [-0.3, -0.25) is 4.79 Å². The first-order valence-electron chi connectivity index (χ1n) is 14.8. The number of anilines is 3. The van der Waals surface area contributed by atoms with Crippen molar-refractivity contribution in [3.63, 3.8) is 0 Å². The number of amides is 3. The van der Waals surface area contributed by atoms with Crippen molar-refractivity contribution >= 4 is 29.0 Å². The van der Waals surface area contributed by atoms with Crippen LogP contribution in [0.15, 0.2) is 60.7 Å². The molecule has 8 nitrogen and oxygen atoms in total. The molecule has 0 radical (unpaired) electrons. The molecule has 43 heavy (non-hydrogen) atoms. The fourth-order valence-corrected chi connectivity index (χ4v) is 4.46. The number of phenolic OH excluding ortho intramolecular Hbond substituents is 1. The first kappa shape index (κ1) is 33.0. The third kappa shape index (κ3) is 8.99. The van der Waals surface area contributed by atoms with Crippen molar-refractivity contribution in [3.05, 3.63) is 77.4 Å². The molecular formula is C35H44N4O4. The standard InChI is InChI=1S/C35H44N4O4/c1-8-10-11-31(43-30-19-14-24(34(3,4)5)20-27(30)35(6,7)9-2)32(41)37-26-17-18-28(29(40)21-26)39-33(42)38-25-15-12-23(22-36)13-16-25/h12-21,31,40H,8-11H2,1-7H3,(H,37,41)(H2,38,39,42). The molecule has 1 unspecified atom stereocenters. The fourth-order valence-electron chi connectivity index (χ4n) is 4.46. The monoisotopic (exact) mass is 584 g/mol. The molecule has 0 aliphatic rings. The Balaban J connectivity index is 1.76. The molecule has 0 fully saturated rings. The topological polar surface area (TPSA) is 123 Å². The minimum atomic E-state index is -0.731. The minimum Gasteiger partial charge on any atom is -0.506 e. The predicted molar refractivity (Wildman–Crippen MR) is 173 cm³/mol. The largest absolute Gasteiger partial charge is 0.506 e. The number of nitriles is 1. The summed E-state index contributed by atoms with van der Waals surface area (Å²) in [5.41, 5.74) is 3.64. The van der Waals surface area contributed by atoms with Gasteiger partial charge < -0.3 is 25.8 Å². The van der Waals surface area contributed by atoms with Gasteiger partial charge in [-0.1, -0.05) is 67.0 Å². The Bertz CT molecular complexity index is 1470. The predicted octanol–water partition coefficient (Wildman–Crippen LogP) is 8.47. The molecule has 0 bridgehead atoms. The Morgan fingerprint density at radius 3 is 2.16 bits per heavy atom. The molecule has 0 spiro atoms. The third-order valence-electron chi connectivity index (χ3n) is 7.63. The summed E-state index contributed by atoms with van der Waals surface area (Å²) in [5.74, 6) is 0.183. The number of benzene rings is 3. The summed E-state index contributed by atoms with van der Waals surface area (Å²) in [4.78, 5) is 25.9. The highest BCUT2D eigenvalue weighted by atomic mass is 16.5. The summed E-state index contributed by atoms with van der Waals surface area (Å²) in [7, 11) is 0. The molecule has 0 saturated heterocycles. The number of nitrogens with zero attached hydrogens (tertiary/aromatic N) is 1. The lowest BCUT2D eigenvalue weighted by Crippen LogP contribution is -2.34. The van der Waals surface area contributed by atoms with Crippen molar-refractivity contribution in [2.24, 2.45) is 0 Å². The number of ether oxygens (including phenoxy) is 1. The van der Waals surface area contributed by atoms with E-state index in [2.05, 4.69) is 76.5 Å². The van der Waals surface area contributed by atoms with Crippen LogP contribution in [0.3, 0.4) is 0 Å². The van der Waals surface area contributed by atoms with E-state index >= 15 is 0 Å². The van der Waals surface area contributed by atoms with Crippen molar-refractivity contribution in [2.75, 3.05) is 16.0 Å².